The number of nitrogens with zero attached hydrogens (tertiary/aromatic N) is 1. The van der Waals surface area contributed by atoms with E-state index in [0.29, 0.717) is 36.0 Å². The maximum absolute atomic E-state index is 12.4. The molecule has 0 spiro atoms. The summed E-state index contributed by atoms with van der Waals surface area (Å²) in [6.45, 7) is 0.619. The number of hydrogen-bond donors (Lipinski definition) is 1. The Balaban J connectivity index is 1.69. The predicted molar refractivity (Wildman–Crippen MR) is 90.6 cm³/mol. The number of nitrogens with one attached hydrogen (secondary N) is 1. The van der Waals surface area contributed by atoms with Gasteiger partial charge in [-0.2, -0.15) is 0 Å². The molecule has 7 heteroatoms. The van der Waals surface area contributed by atoms with Gasteiger partial charge in [0.1, 0.15) is 17.3 Å². The molecule has 132 valence electrons. The Labute approximate surface area is 145 Å². The van der Waals surface area contributed by atoms with Crippen molar-refractivity contribution in [2.75, 3.05) is 25.7 Å². The van der Waals surface area contributed by atoms with Gasteiger partial charge in [-0.05, 0) is 24.3 Å². The van der Waals surface area contributed by atoms with E-state index < -0.39 is 5.92 Å². The number of furan rings is 1. The molecule has 2 heterocycles. The maximum atomic E-state index is 12.4. The molecule has 25 heavy (non-hydrogen) atoms. The molecule has 0 aliphatic carbocycles. The molecular formula is C18H20N2O5. The van der Waals surface area contributed by atoms with Gasteiger partial charge in [-0.25, -0.2) is 0 Å². The third kappa shape index (κ3) is 3.60. The van der Waals surface area contributed by atoms with Gasteiger partial charge >= 0.3 is 0 Å². The lowest BCUT2D eigenvalue weighted by Gasteiger charge is -2.20. The summed E-state index contributed by atoms with van der Waals surface area (Å²) in [6, 6.07) is 8.79. The van der Waals surface area contributed by atoms with Crippen molar-refractivity contribution in [1.82, 2.24) is 5.32 Å². The topological polar surface area (TPSA) is 81.0 Å². The average molecular weight is 344 g/mol. The molecule has 0 radical (unpaired) electrons. The van der Waals surface area contributed by atoms with Crippen molar-refractivity contribution >= 4 is 17.5 Å². The Morgan fingerprint density at radius 3 is 2.84 bits per heavy atom. The number of methoxy groups -OCH3 is 2. The molecule has 1 fully saturated rings. The van der Waals surface area contributed by atoms with E-state index in [1.165, 1.54) is 7.11 Å². The number of amides is 2. The molecule has 7 nitrogen and oxygen atoms in total. The molecule has 1 atom stereocenters. The molecule has 2 aromatic rings. The van der Waals surface area contributed by atoms with Crippen molar-refractivity contribution in [2.45, 2.75) is 13.0 Å². The van der Waals surface area contributed by atoms with Crippen LogP contribution in [0.15, 0.2) is 41.0 Å². The van der Waals surface area contributed by atoms with Crippen molar-refractivity contribution in [3.63, 3.8) is 0 Å². The molecule has 1 aliphatic heterocycles. The van der Waals surface area contributed by atoms with Crippen LogP contribution in [-0.4, -0.2) is 32.6 Å². The fourth-order valence-corrected chi connectivity index (χ4v) is 2.86. The maximum Gasteiger partial charge on any atom is 0.227 e. The van der Waals surface area contributed by atoms with E-state index >= 15 is 0 Å². The molecule has 3 rings (SSSR count). The van der Waals surface area contributed by atoms with Gasteiger partial charge in [0.05, 0.1) is 38.6 Å². The SMILES string of the molecule is COc1ccc(N2CC(C(=O)NCc3ccco3)CC2=O)c(OC)c1. The number of ether oxygens (including phenoxy) is 2. The lowest BCUT2D eigenvalue weighted by molar-refractivity contribution is -0.126. The number of benzene rings is 1. The van der Waals surface area contributed by atoms with E-state index in [-0.39, 0.29) is 18.2 Å². The number of anilines is 1. The van der Waals surface area contributed by atoms with Crippen LogP contribution in [0.2, 0.25) is 0 Å². The van der Waals surface area contributed by atoms with Crippen LogP contribution in [-0.2, 0) is 16.1 Å². The summed E-state index contributed by atoms with van der Waals surface area (Å²) >= 11 is 0. The highest BCUT2D eigenvalue weighted by molar-refractivity contribution is 6.01. The third-order valence-electron chi connectivity index (χ3n) is 4.19. The summed E-state index contributed by atoms with van der Waals surface area (Å²) in [5, 5.41) is 2.80. The Morgan fingerprint density at radius 2 is 2.16 bits per heavy atom. The normalized spacial score (nSPS) is 16.8. The number of hydrogen-bond acceptors (Lipinski definition) is 5. The van der Waals surface area contributed by atoms with Crippen LogP contribution in [0.25, 0.3) is 0 Å². The van der Waals surface area contributed by atoms with E-state index in [1.54, 1.807) is 48.6 Å². The van der Waals surface area contributed by atoms with Crippen LogP contribution in [0.3, 0.4) is 0 Å². The highest BCUT2D eigenvalue weighted by Crippen LogP contribution is 2.35. The molecule has 1 N–H and O–H groups in total. The van der Waals surface area contributed by atoms with Crippen LogP contribution in [0.5, 0.6) is 11.5 Å². The summed E-state index contributed by atoms with van der Waals surface area (Å²) in [5.74, 6) is 1.16. The third-order valence-corrected chi connectivity index (χ3v) is 4.19. The molecule has 1 aromatic carbocycles. The van der Waals surface area contributed by atoms with Crippen LogP contribution in [0, 0.1) is 5.92 Å². The van der Waals surface area contributed by atoms with E-state index in [2.05, 4.69) is 5.32 Å². The van der Waals surface area contributed by atoms with E-state index in [0.717, 1.165) is 0 Å². The van der Waals surface area contributed by atoms with Gasteiger partial charge in [0.25, 0.3) is 0 Å². The van der Waals surface area contributed by atoms with Crippen LogP contribution >= 0.6 is 0 Å². The molecule has 1 unspecified atom stereocenters. The van der Waals surface area contributed by atoms with Crippen molar-refractivity contribution in [1.29, 1.82) is 0 Å². The van der Waals surface area contributed by atoms with Gasteiger partial charge < -0.3 is 24.1 Å². The second kappa shape index (κ2) is 7.29. The summed E-state index contributed by atoms with van der Waals surface area (Å²) in [4.78, 5) is 26.3. The minimum Gasteiger partial charge on any atom is -0.497 e. The van der Waals surface area contributed by atoms with Gasteiger partial charge in [-0.3, -0.25) is 9.59 Å². The predicted octanol–water partition coefficient (Wildman–Crippen LogP) is 1.97. The van der Waals surface area contributed by atoms with Crippen LogP contribution in [0.4, 0.5) is 5.69 Å². The summed E-state index contributed by atoms with van der Waals surface area (Å²) in [7, 11) is 3.10. The van der Waals surface area contributed by atoms with Crippen molar-refractivity contribution in [3.8, 4) is 11.5 Å². The van der Waals surface area contributed by atoms with Crippen molar-refractivity contribution in [2.24, 2.45) is 5.92 Å². The minimum absolute atomic E-state index is 0.110. The molecule has 2 amide bonds. The fourth-order valence-electron chi connectivity index (χ4n) is 2.86. The molecular weight excluding hydrogens is 324 g/mol. The Bertz CT molecular complexity index is 757. The number of carbonyl (C=O) groups is 2. The average Bonchev–Trinajstić information content (AvgIpc) is 3.28. The lowest BCUT2D eigenvalue weighted by atomic mass is 10.1. The zero-order valence-corrected chi connectivity index (χ0v) is 14.2. The zero-order valence-electron chi connectivity index (χ0n) is 14.2. The Kier molecular flexibility index (Phi) is 4.92. The van der Waals surface area contributed by atoms with Crippen molar-refractivity contribution in [3.05, 3.63) is 42.4 Å². The molecule has 0 bridgehead atoms. The number of carbonyl (C=O) groups excluding carboxylic acids is 2. The van der Waals surface area contributed by atoms with Crippen LogP contribution in [0.1, 0.15) is 12.2 Å². The van der Waals surface area contributed by atoms with Gasteiger partial charge in [-0.15, -0.1) is 0 Å². The Morgan fingerprint density at radius 1 is 1.32 bits per heavy atom. The lowest BCUT2D eigenvalue weighted by Crippen LogP contribution is -2.32. The highest BCUT2D eigenvalue weighted by atomic mass is 16.5. The molecule has 1 aliphatic rings. The fraction of sp³-hybridized carbons (Fsp3) is 0.333. The Hall–Kier alpha value is -2.96. The molecule has 1 aromatic heterocycles. The van der Waals surface area contributed by atoms with Crippen LogP contribution < -0.4 is 19.7 Å². The first-order valence-corrected chi connectivity index (χ1v) is 7.95. The van der Waals surface area contributed by atoms with Crippen molar-refractivity contribution < 1.29 is 23.5 Å². The highest BCUT2D eigenvalue weighted by Gasteiger charge is 2.36. The second-order valence-electron chi connectivity index (χ2n) is 5.74. The first kappa shape index (κ1) is 16.9. The van der Waals surface area contributed by atoms with Gasteiger partial charge in [0.15, 0.2) is 0 Å². The monoisotopic (exact) mass is 344 g/mol. The molecule has 0 saturated carbocycles. The minimum atomic E-state index is -0.408. The zero-order chi connectivity index (χ0) is 17.8. The second-order valence-corrected chi connectivity index (χ2v) is 5.74. The summed E-state index contributed by atoms with van der Waals surface area (Å²) < 4.78 is 15.7. The summed E-state index contributed by atoms with van der Waals surface area (Å²) in [5.41, 5.74) is 0.634. The van der Waals surface area contributed by atoms with E-state index in [1.807, 2.05) is 0 Å². The van der Waals surface area contributed by atoms with Gasteiger partial charge in [0, 0.05) is 19.0 Å². The first-order valence-electron chi connectivity index (χ1n) is 7.95. The smallest absolute Gasteiger partial charge is 0.227 e. The van der Waals surface area contributed by atoms with E-state index in [4.69, 9.17) is 13.9 Å². The largest absolute Gasteiger partial charge is 0.497 e. The quantitative estimate of drug-likeness (QED) is 0.866. The summed E-state index contributed by atoms with van der Waals surface area (Å²) in [6.07, 6.45) is 1.72. The van der Waals surface area contributed by atoms with Gasteiger partial charge in [0.2, 0.25) is 11.8 Å². The van der Waals surface area contributed by atoms with Gasteiger partial charge in [-0.1, -0.05) is 0 Å². The molecule has 1 saturated heterocycles. The van der Waals surface area contributed by atoms with E-state index in [9.17, 15) is 9.59 Å². The number of rotatable bonds is 6. The standard InChI is InChI=1S/C18H20N2O5/c1-23-13-5-6-15(16(9-13)24-2)20-11-12(8-17(20)21)18(22)19-10-14-4-3-7-25-14/h3-7,9,12H,8,10-11H2,1-2H3,(H,19,22). The first-order chi connectivity index (χ1) is 12.1.